The second-order valence-electron chi connectivity index (χ2n) is 6.09. The Morgan fingerprint density at radius 2 is 2.23 bits per heavy atom. The number of anilines is 1. The summed E-state index contributed by atoms with van der Waals surface area (Å²) in [6, 6.07) is 3.07. The van der Waals surface area contributed by atoms with Crippen LogP contribution in [0, 0.1) is 11.8 Å². The number of hydrogen-bond donors (Lipinski definition) is 2. The van der Waals surface area contributed by atoms with Crippen LogP contribution in [0.25, 0.3) is 0 Å². The van der Waals surface area contributed by atoms with Gasteiger partial charge in [0.1, 0.15) is 5.82 Å². The first-order valence-electron chi connectivity index (χ1n) is 7.62. The molecule has 0 aliphatic carbocycles. The van der Waals surface area contributed by atoms with Crippen LogP contribution in [0.1, 0.15) is 37.6 Å². The average Bonchev–Trinajstić information content (AvgIpc) is 2.87. The van der Waals surface area contributed by atoms with Crippen molar-refractivity contribution >= 4 is 17.6 Å². The van der Waals surface area contributed by atoms with Crippen molar-refractivity contribution in [3.05, 3.63) is 23.9 Å². The maximum atomic E-state index is 12.6. The van der Waals surface area contributed by atoms with E-state index in [9.17, 15) is 14.7 Å². The summed E-state index contributed by atoms with van der Waals surface area (Å²) in [6.07, 6.45) is 2.40. The number of aromatic nitrogens is 1. The fraction of sp³-hybridized carbons (Fsp3) is 0.562. The highest BCUT2D eigenvalue weighted by Gasteiger charge is 2.34. The van der Waals surface area contributed by atoms with Crippen LogP contribution in [0.3, 0.4) is 0 Å². The van der Waals surface area contributed by atoms with E-state index in [1.54, 1.807) is 30.9 Å². The average molecular weight is 305 g/mol. The largest absolute Gasteiger partial charge is 0.394 e. The van der Waals surface area contributed by atoms with E-state index in [1.165, 1.54) is 6.20 Å². The van der Waals surface area contributed by atoms with Crippen LogP contribution in [0.2, 0.25) is 0 Å². The smallest absolute Gasteiger partial charge is 0.254 e. The highest BCUT2D eigenvalue weighted by atomic mass is 16.3. The summed E-state index contributed by atoms with van der Waals surface area (Å²) < 4.78 is 0. The Kier molecular flexibility index (Phi) is 5.13. The third kappa shape index (κ3) is 3.44. The molecular formula is C16H23N3O3. The SMILES string of the molecule is CC(C)C(=O)Nc1cc(C(=O)N2CCC(C)C2CO)ccn1. The highest BCUT2D eigenvalue weighted by molar-refractivity contribution is 5.97. The Morgan fingerprint density at radius 3 is 2.86 bits per heavy atom. The quantitative estimate of drug-likeness (QED) is 0.883. The van der Waals surface area contributed by atoms with Crippen LogP contribution >= 0.6 is 0 Å². The maximum absolute atomic E-state index is 12.6. The van der Waals surface area contributed by atoms with Crippen molar-refractivity contribution in [3.63, 3.8) is 0 Å². The number of amides is 2. The van der Waals surface area contributed by atoms with E-state index in [4.69, 9.17) is 0 Å². The monoisotopic (exact) mass is 305 g/mol. The van der Waals surface area contributed by atoms with Crippen LogP contribution in [0.15, 0.2) is 18.3 Å². The number of aliphatic hydroxyl groups excluding tert-OH is 1. The van der Waals surface area contributed by atoms with Gasteiger partial charge in [-0.3, -0.25) is 9.59 Å². The zero-order chi connectivity index (χ0) is 16.3. The Labute approximate surface area is 130 Å². The number of aliphatic hydroxyl groups is 1. The number of nitrogens with zero attached hydrogens (tertiary/aromatic N) is 2. The van der Waals surface area contributed by atoms with E-state index in [0.717, 1.165) is 6.42 Å². The number of likely N-dealkylation sites (tertiary alicyclic amines) is 1. The molecule has 2 heterocycles. The summed E-state index contributed by atoms with van der Waals surface area (Å²) in [7, 11) is 0. The van der Waals surface area contributed by atoms with Gasteiger partial charge in [0.05, 0.1) is 12.6 Å². The van der Waals surface area contributed by atoms with Gasteiger partial charge in [-0.1, -0.05) is 20.8 Å². The highest BCUT2D eigenvalue weighted by Crippen LogP contribution is 2.25. The molecule has 120 valence electrons. The molecule has 0 aromatic carbocycles. The fourth-order valence-electron chi connectivity index (χ4n) is 2.61. The van der Waals surface area contributed by atoms with E-state index >= 15 is 0 Å². The summed E-state index contributed by atoms with van der Waals surface area (Å²) in [5, 5.41) is 12.2. The molecule has 2 atom stereocenters. The molecule has 1 aliphatic rings. The lowest BCUT2D eigenvalue weighted by Crippen LogP contribution is -2.39. The van der Waals surface area contributed by atoms with Gasteiger partial charge in [-0.25, -0.2) is 4.98 Å². The molecular weight excluding hydrogens is 282 g/mol. The number of hydrogen-bond acceptors (Lipinski definition) is 4. The van der Waals surface area contributed by atoms with Crippen molar-refractivity contribution in [3.8, 4) is 0 Å². The molecule has 1 saturated heterocycles. The molecule has 1 aliphatic heterocycles. The molecule has 0 radical (unpaired) electrons. The first kappa shape index (κ1) is 16.4. The number of nitrogens with one attached hydrogen (secondary N) is 1. The molecule has 2 amide bonds. The molecule has 1 aromatic heterocycles. The molecule has 22 heavy (non-hydrogen) atoms. The maximum Gasteiger partial charge on any atom is 0.254 e. The standard InChI is InChI=1S/C16H23N3O3/c1-10(2)15(21)18-14-8-12(4-6-17-14)16(22)19-7-5-11(3)13(19)9-20/h4,6,8,10-11,13,20H,5,7,9H2,1-3H3,(H,17,18,21). The summed E-state index contributed by atoms with van der Waals surface area (Å²) in [6.45, 7) is 6.23. The number of pyridine rings is 1. The van der Waals surface area contributed by atoms with Crippen molar-refractivity contribution in [1.82, 2.24) is 9.88 Å². The minimum absolute atomic E-state index is 0.0328. The summed E-state index contributed by atoms with van der Waals surface area (Å²) >= 11 is 0. The van der Waals surface area contributed by atoms with Crippen LogP contribution in [-0.4, -0.2) is 46.0 Å². The third-order valence-corrected chi connectivity index (χ3v) is 4.11. The van der Waals surface area contributed by atoms with Crippen LogP contribution in [0.4, 0.5) is 5.82 Å². The Hall–Kier alpha value is -1.95. The van der Waals surface area contributed by atoms with Gasteiger partial charge in [-0.15, -0.1) is 0 Å². The lowest BCUT2D eigenvalue weighted by molar-refractivity contribution is -0.118. The molecule has 0 saturated carbocycles. The third-order valence-electron chi connectivity index (χ3n) is 4.11. The number of rotatable bonds is 4. The summed E-state index contributed by atoms with van der Waals surface area (Å²) in [4.78, 5) is 30.1. The molecule has 1 fully saturated rings. The first-order valence-corrected chi connectivity index (χ1v) is 7.62. The Morgan fingerprint density at radius 1 is 1.50 bits per heavy atom. The normalized spacial score (nSPS) is 21.2. The molecule has 6 nitrogen and oxygen atoms in total. The van der Waals surface area contributed by atoms with Crippen LogP contribution < -0.4 is 5.32 Å². The van der Waals surface area contributed by atoms with Crippen LogP contribution in [0.5, 0.6) is 0 Å². The van der Waals surface area contributed by atoms with Gasteiger partial charge >= 0.3 is 0 Å². The van der Waals surface area contributed by atoms with Gasteiger partial charge in [-0.05, 0) is 24.5 Å². The van der Waals surface area contributed by atoms with E-state index in [0.29, 0.717) is 17.9 Å². The Bertz CT molecular complexity index is 559. The van der Waals surface area contributed by atoms with Gasteiger partial charge in [-0.2, -0.15) is 0 Å². The second-order valence-corrected chi connectivity index (χ2v) is 6.09. The molecule has 2 unspecified atom stereocenters. The van der Waals surface area contributed by atoms with E-state index in [2.05, 4.69) is 10.3 Å². The molecule has 0 spiro atoms. The molecule has 2 N–H and O–H groups in total. The molecule has 6 heteroatoms. The van der Waals surface area contributed by atoms with Crippen molar-refractivity contribution < 1.29 is 14.7 Å². The first-order chi connectivity index (χ1) is 10.4. The fourth-order valence-corrected chi connectivity index (χ4v) is 2.61. The van der Waals surface area contributed by atoms with Gasteiger partial charge in [0.2, 0.25) is 5.91 Å². The van der Waals surface area contributed by atoms with Gasteiger partial charge in [0, 0.05) is 24.2 Å². The predicted molar refractivity (Wildman–Crippen MR) is 83.4 cm³/mol. The Balaban J connectivity index is 2.15. The van der Waals surface area contributed by atoms with Crippen LogP contribution in [-0.2, 0) is 4.79 Å². The zero-order valence-electron chi connectivity index (χ0n) is 13.2. The topological polar surface area (TPSA) is 82.5 Å². The van der Waals surface area contributed by atoms with E-state index in [1.807, 2.05) is 6.92 Å². The predicted octanol–water partition coefficient (Wildman–Crippen LogP) is 1.52. The molecule has 0 bridgehead atoms. The van der Waals surface area contributed by atoms with Gasteiger partial charge in [0.15, 0.2) is 0 Å². The lowest BCUT2D eigenvalue weighted by Gasteiger charge is -2.25. The molecule has 2 rings (SSSR count). The molecule has 1 aromatic rings. The number of carbonyl (C=O) groups is 2. The van der Waals surface area contributed by atoms with Crippen molar-refractivity contribution in [2.24, 2.45) is 11.8 Å². The van der Waals surface area contributed by atoms with Gasteiger partial charge < -0.3 is 15.3 Å². The van der Waals surface area contributed by atoms with Crippen molar-refractivity contribution in [2.45, 2.75) is 33.2 Å². The number of carbonyl (C=O) groups excluding carboxylic acids is 2. The van der Waals surface area contributed by atoms with Crippen molar-refractivity contribution in [1.29, 1.82) is 0 Å². The minimum atomic E-state index is -0.153. The summed E-state index contributed by atoms with van der Waals surface area (Å²) in [5.74, 6) is 0.235. The van der Waals surface area contributed by atoms with E-state index in [-0.39, 0.29) is 36.3 Å². The van der Waals surface area contributed by atoms with Crippen molar-refractivity contribution in [2.75, 3.05) is 18.5 Å². The van der Waals surface area contributed by atoms with Gasteiger partial charge in [0.25, 0.3) is 5.91 Å². The lowest BCUT2D eigenvalue weighted by atomic mass is 10.0. The summed E-state index contributed by atoms with van der Waals surface area (Å²) in [5.41, 5.74) is 0.474. The second kappa shape index (κ2) is 6.87. The minimum Gasteiger partial charge on any atom is -0.394 e. The zero-order valence-corrected chi connectivity index (χ0v) is 13.2. The van der Waals surface area contributed by atoms with E-state index < -0.39 is 0 Å².